The van der Waals surface area contributed by atoms with Crippen molar-refractivity contribution in [3.05, 3.63) is 65.0 Å². The third-order valence-corrected chi connectivity index (χ3v) is 5.38. The lowest BCUT2D eigenvalue weighted by Crippen LogP contribution is -2.67. The number of carbonyl (C=O) groups is 1. The van der Waals surface area contributed by atoms with Gasteiger partial charge in [-0.15, -0.1) is 0 Å². The van der Waals surface area contributed by atoms with E-state index in [0.29, 0.717) is 26.3 Å². The molecule has 2 aromatic rings. The first-order valence-electron chi connectivity index (χ1n) is 9.55. The first-order valence-corrected chi connectivity index (χ1v) is 9.55. The maximum absolute atomic E-state index is 12.7. The van der Waals surface area contributed by atoms with E-state index in [1.165, 1.54) is 0 Å². The third-order valence-electron chi connectivity index (χ3n) is 5.38. The monoisotopic (exact) mass is 366 g/mol. The zero-order chi connectivity index (χ0) is 18.9. The first kappa shape index (κ1) is 18.1. The fourth-order valence-electron chi connectivity index (χ4n) is 4.01. The number of ether oxygens (including phenoxy) is 2. The van der Waals surface area contributed by atoms with Gasteiger partial charge in [0, 0.05) is 31.0 Å². The van der Waals surface area contributed by atoms with Crippen molar-refractivity contribution < 1.29 is 14.3 Å². The van der Waals surface area contributed by atoms with E-state index in [4.69, 9.17) is 9.47 Å². The molecule has 0 saturated carbocycles. The Kier molecular flexibility index (Phi) is 4.98. The molecule has 1 aromatic carbocycles. The number of rotatable bonds is 4. The summed E-state index contributed by atoms with van der Waals surface area (Å²) in [6.45, 7) is 6.58. The van der Waals surface area contributed by atoms with Gasteiger partial charge in [-0.3, -0.25) is 9.78 Å². The summed E-state index contributed by atoms with van der Waals surface area (Å²) >= 11 is 0. The molecular weight excluding hydrogens is 340 g/mol. The Balaban J connectivity index is 1.32. The van der Waals surface area contributed by atoms with Crippen molar-refractivity contribution in [1.82, 2.24) is 9.88 Å². The van der Waals surface area contributed by atoms with Crippen LogP contribution in [0.15, 0.2) is 42.7 Å². The van der Waals surface area contributed by atoms with Crippen molar-refractivity contribution >= 4 is 5.91 Å². The van der Waals surface area contributed by atoms with Crippen molar-refractivity contribution in [3.8, 4) is 0 Å². The number of pyridine rings is 1. The first-order chi connectivity index (χ1) is 13.0. The third kappa shape index (κ3) is 4.04. The van der Waals surface area contributed by atoms with Gasteiger partial charge in [-0.25, -0.2) is 0 Å². The molecule has 2 aliphatic heterocycles. The summed E-state index contributed by atoms with van der Waals surface area (Å²) in [5.41, 5.74) is 3.85. The Labute approximate surface area is 160 Å². The SMILES string of the molecule is Cc1cncc(CO[C@@H]2CCOC3(C2)CN(C(=O)c2cccc(C)c2)C3)c1. The minimum atomic E-state index is -0.243. The van der Waals surface area contributed by atoms with Gasteiger partial charge in [-0.2, -0.15) is 0 Å². The number of likely N-dealkylation sites (tertiary alicyclic amines) is 1. The number of benzene rings is 1. The van der Waals surface area contributed by atoms with Crippen molar-refractivity contribution in [2.75, 3.05) is 19.7 Å². The Hall–Kier alpha value is -2.24. The molecule has 1 atom stereocenters. The van der Waals surface area contributed by atoms with E-state index >= 15 is 0 Å². The van der Waals surface area contributed by atoms with Crippen molar-refractivity contribution in [3.63, 3.8) is 0 Å². The Bertz CT molecular complexity index is 830. The highest BCUT2D eigenvalue weighted by Crippen LogP contribution is 2.36. The molecule has 142 valence electrons. The van der Waals surface area contributed by atoms with Crippen LogP contribution >= 0.6 is 0 Å². The molecule has 2 aliphatic rings. The van der Waals surface area contributed by atoms with Crippen LogP contribution in [0.4, 0.5) is 0 Å². The van der Waals surface area contributed by atoms with Crippen LogP contribution < -0.4 is 0 Å². The lowest BCUT2D eigenvalue weighted by atomic mass is 9.84. The quantitative estimate of drug-likeness (QED) is 0.833. The van der Waals surface area contributed by atoms with E-state index in [2.05, 4.69) is 11.1 Å². The summed E-state index contributed by atoms with van der Waals surface area (Å²) in [5, 5.41) is 0. The lowest BCUT2D eigenvalue weighted by Gasteiger charge is -2.53. The van der Waals surface area contributed by atoms with E-state index in [1.807, 2.05) is 55.4 Å². The molecule has 5 heteroatoms. The highest BCUT2D eigenvalue weighted by Gasteiger charge is 2.49. The van der Waals surface area contributed by atoms with Crippen LogP contribution in [0.1, 0.15) is 39.9 Å². The second-order valence-electron chi connectivity index (χ2n) is 7.86. The minimum absolute atomic E-state index is 0.0850. The predicted molar refractivity (Wildman–Crippen MR) is 103 cm³/mol. The van der Waals surface area contributed by atoms with Crippen molar-refractivity contribution in [2.24, 2.45) is 0 Å². The van der Waals surface area contributed by atoms with E-state index in [0.717, 1.165) is 35.1 Å². The molecular formula is C22H26N2O3. The summed E-state index contributed by atoms with van der Waals surface area (Å²) in [6, 6.07) is 9.86. The maximum atomic E-state index is 12.7. The van der Waals surface area contributed by atoms with E-state index < -0.39 is 0 Å². The number of amides is 1. The molecule has 2 fully saturated rings. The zero-order valence-corrected chi connectivity index (χ0v) is 16.0. The maximum Gasteiger partial charge on any atom is 0.254 e. The molecule has 2 saturated heterocycles. The number of aromatic nitrogens is 1. The highest BCUT2D eigenvalue weighted by molar-refractivity contribution is 5.95. The van der Waals surface area contributed by atoms with Crippen LogP contribution in [0.25, 0.3) is 0 Å². The van der Waals surface area contributed by atoms with Gasteiger partial charge in [-0.05, 0) is 43.5 Å². The van der Waals surface area contributed by atoms with E-state index in [9.17, 15) is 4.79 Å². The smallest absolute Gasteiger partial charge is 0.254 e. The molecule has 27 heavy (non-hydrogen) atoms. The topological polar surface area (TPSA) is 51.7 Å². The average Bonchev–Trinajstić information content (AvgIpc) is 2.64. The van der Waals surface area contributed by atoms with Gasteiger partial charge in [0.15, 0.2) is 0 Å². The largest absolute Gasteiger partial charge is 0.373 e. The number of hydrogen-bond donors (Lipinski definition) is 0. The molecule has 4 rings (SSSR count). The molecule has 0 radical (unpaired) electrons. The van der Waals surface area contributed by atoms with Gasteiger partial charge in [0.05, 0.1) is 25.8 Å². The fourth-order valence-corrected chi connectivity index (χ4v) is 4.01. The minimum Gasteiger partial charge on any atom is -0.373 e. The summed E-state index contributed by atoms with van der Waals surface area (Å²) in [7, 11) is 0. The van der Waals surface area contributed by atoms with Crippen molar-refractivity contribution in [2.45, 2.75) is 45.0 Å². The number of hydrogen-bond acceptors (Lipinski definition) is 4. The lowest BCUT2D eigenvalue weighted by molar-refractivity contribution is -0.188. The fraction of sp³-hybridized carbons (Fsp3) is 0.455. The van der Waals surface area contributed by atoms with Gasteiger partial charge in [0.2, 0.25) is 0 Å². The Morgan fingerprint density at radius 3 is 2.89 bits per heavy atom. The van der Waals surface area contributed by atoms with Gasteiger partial charge in [-0.1, -0.05) is 23.8 Å². The van der Waals surface area contributed by atoms with Gasteiger partial charge < -0.3 is 14.4 Å². The van der Waals surface area contributed by atoms with Crippen LogP contribution in [0.5, 0.6) is 0 Å². The number of aryl methyl sites for hydroxylation is 2. The Morgan fingerprint density at radius 1 is 1.26 bits per heavy atom. The molecule has 0 bridgehead atoms. The van der Waals surface area contributed by atoms with Crippen LogP contribution in [0, 0.1) is 13.8 Å². The van der Waals surface area contributed by atoms with Crippen LogP contribution in [0.3, 0.4) is 0 Å². The predicted octanol–water partition coefficient (Wildman–Crippen LogP) is 3.29. The van der Waals surface area contributed by atoms with Gasteiger partial charge >= 0.3 is 0 Å². The summed E-state index contributed by atoms with van der Waals surface area (Å²) < 4.78 is 12.2. The van der Waals surface area contributed by atoms with Crippen LogP contribution in [0.2, 0.25) is 0 Å². The van der Waals surface area contributed by atoms with Crippen LogP contribution in [-0.4, -0.2) is 47.2 Å². The van der Waals surface area contributed by atoms with E-state index in [1.54, 1.807) is 0 Å². The molecule has 5 nitrogen and oxygen atoms in total. The molecule has 0 unspecified atom stereocenters. The summed E-state index contributed by atoms with van der Waals surface area (Å²) in [5.74, 6) is 0.0850. The van der Waals surface area contributed by atoms with Gasteiger partial charge in [0.1, 0.15) is 5.60 Å². The zero-order valence-electron chi connectivity index (χ0n) is 16.0. The van der Waals surface area contributed by atoms with Crippen molar-refractivity contribution in [1.29, 1.82) is 0 Å². The number of carbonyl (C=O) groups excluding carboxylic acids is 1. The number of nitrogens with zero attached hydrogens (tertiary/aromatic N) is 2. The second kappa shape index (κ2) is 7.41. The normalized spacial score (nSPS) is 21.1. The second-order valence-corrected chi connectivity index (χ2v) is 7.86. The molecule has 1 aromatic heterocycles. The molecule has 1 amide bonds. The highest BCUT2D eigenvalue weighted by atomic mass is 16.5. The molecule has 3 heterocycles. The van der Waals surface area contributed by atoms with Gasteiger partial charge in [0.25, 0.3) is 5.91 Å². The van der Waals surface area contributed by atoms with Crippen LogP contribution in [-0.2, 0) is 16.1 Å². The van der Waals surface area contributed by atoms with E-state index in [-0.39, 0.29) is 17.6 Å². The molecule has 0 aliphatic carbocycles. The summed E-state index contributed by atoms with van der Waals surface area (Å²) in [6.07, 6.45) is 5.60. The Morgan fingerprint density at radius 2 is 2.11 bits per heavy atom. The molecule has 0 N–H and O–H groups in total. The average molecular weight is 366 g/mol. The standard InChI is InChI=1S/C22H26N2O3/c1-16-4-3-5-19(9-16)21(25)24-14-22(15-24)10-20(6-7-27-22)26-13-18-8-17(2)11-23-12-18/h3-5,8-9,11-12,20H,6-7,10,13-15H2,1-2H3/t20-/m1/s1. The molecule has 1 spiro atoms. The summed E-state index contributed by atoms with van der Waals surface area (Å²) in [4.78, 5) is 18.8.